The van der Waals surface area contributed by atoms with E-state index >= 15 is 0 Å². The average molecular weight is 169 g/mol. The van der Waals surface area contributed by atoms with Gasteiger partial charge < -0.3 is 5.11 Å². The maximum atomic E-state index is 12.8. The van der Waals surface area contributed by atoms with Gasteiger partial charge in [0.1, 0.15) is 0 Å². The lowest BCUT2D eigenvalue weighted by Gasteiger charge is -2.01. The van der Waals surface area contributed by atoms with E-state index in [0.717, 1.165) is 6.20 Å². The predicted octanol–water partition coefficient (Wildman–Crippen LogP) is 1.48. The summed E-state index contributed by atoms with van der Waals surface area (Å²) in [5, 5.41) is 8.63. The van der Waals surface area contributed by atoms with Crippen LogP contribution in [0.1, 0.15) is 22.8 Å². The maximum Gasteiger partial charge on any atom is 0.336 e. The molecule has 0 unspecified atom stereocenters. The molecule has 0 atom stereocenters. The van der Waals surface area contributed by atoms with Crippen molar-refractivity contribution in [1.82, 2.24) is 4.98 Å². The van der Waals surface area contributed by atoms with Gasteiger partial charge in [0, 0.05) is 11.8 Å². The number of carbonyl (C=O) groups is 1. The zero-order chi connectivity index (χ0) is 9.14. The molecule has 0 saturated carbocycles. The summed E-state index contributed by atoms with van der Waals surface area (Å²) in [4.78, 5) is 13.9. The molecule has 12 heavy (non-hydrogen) atoms. The molecule has 0 bridgehead atoms. The Bertz CT molecular complexity index is 312. The van der Waals surface area contributed by atoms with Gasteiger partial charge >= 0.3 is 5.97 Å². The van der Waals surface area contributed by atoms with Crippen molar-refractivity contribution < 1.29 is 14.3 Å². The molecular weight excluding hydrogens is 161 g/mol. The SMILES string of the molecule is CCc1c(C(=O)O)ccnc1F. The van der Waals surface area contributed by atoms with E-state index in [4.69, 9.17) is 5.11 Å². The summed E-state index contributed by atoms with van der Waals surface area (Å²) in [7, 11) is 0. The molecular formula is C8H8FNO2. The Hall–Kier alpha value is -1.45. The second-order valence-corrected chi connectivity index (χ2v) is 2.29. The van der Waals surface area contributed by atoms with Gasteiger partial charge in [0.15, 0.2) is 0 Å². The minimum atomic E-state index is -1.12. The van der Waals surface area contributed by atoms with E-state index in [-0.39, 0.29) is 11.1 Å². The van der Waals surface area contributed by atoms with Crippen LogP contribution in [0.5, 0.6) is 0 Å². The topological polar surface area (TPSA) is 50.2 Å². The summed E-state index contributed by atoms with van der Waals surface area (Å²) in [5.41, 5.74) is 0.148. The zero-order valence-electron chi connectivity index (χ0n) is 6.54. The third-order valence-electron chi connectivity index (χ3n) is 1.59. The quantitative estimate of drug-likeness (QED) is 0.682. The van der Waals surface area contributed by atoms with Crippen molar-refractivity contribution in [3.05, 3.63) is 29.3 Å². The molecule has 0 aliphatic heterocycles. The Kier molecular flexibility index (Phi) is 2.38. The first-order valence-corrected chi connectivity index (χ1v) is 3.53. The molecule has 1 N–H and O–H groups in total. The van der Waals surface area contributed by atoms with Crippen LogP contribution in [0, 0.1) is 5.95 Å². The van der Waals surface area contributed by atoms with Crippen LogP contribution in [0.2, 0.25) is 0 Å². The molecule has 3 nitrogen and oxygen atoms in total. The van der Waals surface area contributed by atoms with Gasteiger partial charge in [-0.2, -0.15) is 4.39 Å². The van der Waals surface area contributed by atoms with Gasteiger partial charge in [-0.3, -0.25) is 0 Å². The van der Waals surface area contributed by atoms with Crippen LogP contribution >= 0.6 is 0 Å². The molecule has 0 fully saturated rings. The highest BCUT2D eigenvalue weighted by molar-refractivity contribution is 5.89. The lowest BCUT2D eigenvalue weighted by atomic mass is 10.1. The molecule has 0 saturated heterocycles. The first-order valence-electron chi connectivity index (χ1n) is 3.53. The zero-order valence-corrected chi connectivity index (χ0v) is 6.54. The van der Waals surface area contributed by atoms with Gasteiger partial charge in [0.2, 0.25) is 5.95 Å². The normalized spacial score (nSPS) is 9.83. The van der Waals surface area contributed by atoms with E-state index in [2.05, 4.69) is 4.98 Å². The summed E-state index contributed by atoms with van der Waals surface area (Å²) in [5.74, 6) is -1.81. The van der Waals surface area contributed by atoms with Crippen molar-refractivity contribution in [1.29, 1.82) is 0 Å². The van der Waals surface area contributed by atoms with Gasteiger partial charge in [-0.1, -0.05) is 6.92 Å². The smallest absolute Gasteiger partial charge is 0.336 e. The lowest BCUT2D eigenvalue weighted by molar-refractivity contribution is 0.0694. The molecule has 0 spiro atoms. The van der Waals surface area contributed by atoms with Gasteiger partial charge in [-0.05, 0) is 12.5 Å². The monoisotopic (exact) mass is 169 g/mol. The van der Waals surface area contributed by atoms with Crippen molar-refractivity contribution in [3.8, 4) is 0 Å². The van der Waals surface area contributed by atoms with E-state index < -0.39 is 11.9 Å². The minimum Gasteiger partial charge on any atom is -0.478 e. The standard InChI is InChI=1S/C8H8FNO2/c1-2-5-6(8(11)12)3-4-10-7(5)9/h3-4H,2H2,1H3,(H,11,12). The Balaban J connectivity index is 3.27. The lowest BCUT2D eigenvalue weighted by Crippen LogP contribution is -2.05. The molecule has 1 aromatic heterocycles. The van der Waals surface area contributed by atoms with Gasteiger partial charge in [-0.15, -0.1) is 0 Å². The highest BCUT2D eigenvalue weighted by atomic mass is 19.1. The van der Waals surface area contributed by atoms with Gasteiger partial charge in [0.25, 0.3) is 0 Å². The molecule has 1 heterocycles. The fourth-order valence-corrected chi connectivity index (χ4v) is 1.00. The fraction of sp³-hybridized carbons (Fsp3) is 0.250. The summed E-state index contributed by atoms with van der Waals surface area (Å²) in [6.45, 7) is 1.69. The number of hydrogen-bond acceptors (Lipinski definition) is 2. The number of rotatable bonds is 2. The van der Waals surface area contributed by atoms with Crippen LogP contribution in [-0.4, -0.2) is 16.1 Å². The molecule has 0 radical (unpaired) electrons. The van der Waals surface area contributed by atoms with Gasteiger partial charge in [0.05, 0.1) is 5.56 Å². The van der Waals surface area contributed by atoms with Crippen LogP contribution in [0.4, 0.5) is 4.39 Å². The summed E-state index contributed by atoms with van der Waals surface area (Å²) in [6, 6.07) is 1.30. The maximum absolute atomic E-state index is 12.8. The number of carboxylic acid groups (broad SMARTS) is 1. The first-order chi connectivity index (χ1) is 5.66. The van der Waals surface area contributed by atoms with Crippen LogP contribution < -0.4 is 0 Å². The van der Waals surface area contributed by atoms with Crippen LogP contribution in [0.15, 0.2) is 12.3 Å². The molecule has 1 aromatic rings. The second kappa shape index (κ2) is 3.30. The number of pyridine rings is 1. The Morgan fingerprint density at radius 1 is 1.75 bits per heavy atom. The van der Waals surface area contributed by atoms with Crippen molar-refractivity contribution in [2.75, 3.05) is 0 Å². The van der Waals surface area contributed by atoms with Crippen LogP contribution in [0.3, 0.4) is 0 Å². The van der Waals surface area contributed by atoms with Crippen molar-refractivity contribution >= 4 is 5.97 Å². The molecule has 64 valence electrons. The largest absolute Gasteiger partial charge is 0.478 e. The molecule has 0 amide bonds. The predicted molar refractivity (Wildman–Crippen MR) is 40.5 cm³/mol. The highest BCUT2D eigenvalue weighted by Crippen LogP contribution is 2.11. The van der Waals surface area contributed by atoms with Crippen molar-refractivity contribution in [3.63, 3.8) is 0 Å². The van der Waals surface area contributed by atoms with E-state index in [1.54, 1.807) is 6.92 Å². The van der Waals surface area contributed by atoms with E-state index in [0.29, 0.717) is 6.42 Å². The number of hydrogen-bond donors (Lipinski definition) is 1. The Labute approximate surface area is 68.9 Å². The third kappa shape index (κ3) is 1.42. The van der Waals surface area contributed by atoms with Crippen LogP contribution in [0.25, 0.3) is 0 Å². The van der Waals surface area contributed by atoms with E-state index in [9.17, 15) is 9.18 Å². The van der Waals surface area contributed by atoms with Crippen molar-refractivity contribution in [2.24, 2.45) is 0 Å². The second-order valence-electron chi connectivity index (χ2n) is 2.29. The number of aromatic carboxylic acids is 1. The van der Waals surface area contributed by atoms with Crippen LogP contribution in [-0.2, 0) is 6.42 Å². The fourth-order valence-electron chi connectivity index (χ4n) is 1.00. The number of halogens is 1. The summed E-state index contributed by atoms with van der Waals surface area (Å²) in [6.07, 6.45) is 1.49. The Morgan fingerprint density at radius 3 is 2.83 bits per heavy atom. The van der Waals surface area contributed by atoms with E-state index in [1.165, 1.54) is 6.07 Å². The third-order valence-corrected chi connectivity index (χ3v) is 1.59. The molecule has 1 rings (SSSR count). The highest BCUT2D eigenvalue weighted by Gasteiger charge is 2.12. The number of aromatic nitrogens is 1. The average Bonchev–Trinajstić information content (AvgIpc) is 2.03. The summed E-state index contributed by atoms with van der Waals surface area (Å²) < 4.78 is 12.8. The van der Waals surface area contributed by atoms with E-state index in [1.807, 2.05) is 0 Å². The minimum absolute atomic E-state index is 0.00926. The molecule has 0 aliphatic carbocycles. The van der Waals surface area contributed by atoms with Gasteiger partial charge in [-0.25, -0.2) is 9.78 Å². The molecule has 4 heteroatoms. The van der Waals surface area contributed by atoms with Crippen molar-refractivity contribution in [2.45, 2.75) is 13.3 Å². The summed E-state index contributed by atoms with van der Waals surface area (Å²) >= 11 is 0. The molecule has 0 aliphatic rings. The number of nitrogens with zero attached hydrogens (tertiary/aromatic N) is 1. The number of carboxylic acids is 1. The Morgan fingerprint density at radius 2 is 2.42 bits per heavy atom. The molecule has 0 aromatic carbocycles. The first kappa shape index (κ1) is 8.64.